The molecule has 142 valence electrons. The van der Waals surface area contributed by atoms with E-state index in [1.54, 1.807) is 6.92 Å². The third-order valence-electron chi connectivity index (χ3n) is 6.13. The van der Waals surface area contributed by atoms with E-state index in [0.717, 1.165) is 12.0 Å². The van der Waals surface area contributed by atoms with Crippen molar-refractivity contribution in [1.82, 2.24) is 0 Å². The summed E-state index contributed by atoms with van der Waals surface area (Å²) in [5.74, 6) is -1.41. The quantitative estimate of drug-likeness (QED) is 0.448. The van der Waals surface area contributed by atoms with Crippen LogP contribution in [-0.2, 0) is 19.1 Å². The first-order valence-corrected chi connectivity index (χ1v) is 9.07. The van der Waals surface area contributed by atoms with Gasteiger partial charge in [0.1, 0.15) is 12.2 Å². The van der Waals surface area contributed by atoms with Gasteiger partial charge in [-0.05, 0) is 38.5 Å². The van der Waals surface area contributed by atoms with Gasteiger partial charge in [0.25, 0.3) is 0 Å². The largest absolute Gasteiger partial charge is 0.458 e. The van der Waals surface area contributed by atoms with Gasteiger partial charge in [-0.2, -0.15) is 0 Å². The summed E-state index contributed by atoms with van der Waals surface area (Å²) < 4.78 is 11.3. The van der Waals surface area contributed by atoms with Gasteiger partial charge in [-0.1, -0.05) is 24.3 Å². The maximum atomic E-state index is 12.4. The highest BCUT2D eigenvalue weighted by atomic mass is 16.6. The first-order valence-electron chi connectivity index (χ1n) is 9.07. The Labute approximate surface area is 153 Å². The molecule has 6 nitrogen and oxygen atoms in total. The summed E-state index contributed by atoms with van der Waals surface area (Å²) in [5, 5.41) is 19.3. The van der Waals surface area contributed by atoms with Crippen molar-refractivity contribution in [2.24, 2.45) is 23.7 Å². The minimum Gasteiger partial charge on any atom is -0.458 e. The fourth-order valence-corrected chi connectivity index (χ4v) is 4.71. The van der Waals surface area contributed by atoms with E-state index in [-0.39, 0.29) is 29.9 Å². The van der Waals surface area contributed by atoms with Crippen molar-refractivity contribution in [2.45, 2.75) is 38.9 Å². The summed E-state index contributed by atoms with van der Waals surface area (Å²) in [4.78, 5) is 24.6. The molecule has 0 aromatic heterocycles. The molecular formula is C20H26O6. The first kappa shape index (κ1) is 18.9. The molecule has 0 unspecified atom stereocenters. The number of hydrogen-bond acceptors (Lipinski definition) is 6. The monoisotopic (exact) mass is 362 g/mol. The summed E-state index contributed by atoms with van der Waals surface area (Å²) in [6.07, 6.45) is 3.84. The van der Waals surface area contributed by atoms with Crippen LogP contribution in [0.25, 0.3) is 0 Å². The lowest BCUT2D eigenvalue weighted by molar-refractivity contribution is -0.149. The average molecular weight is 362 g/mol. The fourth-order valence-electron chi connectivity index (χ4n) is 4.71. The second-order valence-corrected chi connectivity index (χ2v) is 7.39. The Morgan fingerprint density at radius 1 is 1.42 bits per heavy atom. The van der Waals surface area contributed by atoms with E-state index < -0.39 is 36.7 Å². The number of aliphatic hydroxyl groups excluding tert-OH is 2. The molecule has 2 N–H and O–H groups in total. The molecule has 6 heteroatoms. The van der Waals surface area contributed by atoms with Gasteiger partial charge in [0, 0.05) is 18.1 Å². The van der Waals surface area contributed by atoms with Crippen LogP contribution in [0.1, 0.15) is 26.7 Å². The van der Waals surface area contributed by atoms with Crippen LogP contribution < -0.4 is 0 Å². The van der Waals surface area contributed by atoms with E-state index >= 15 is 0 Å². The van der Waals surface area contributed by atoms with E-state index in [1.807, 2.05) is 6.92 Å². The number of carbonyl (C=O) groups is 2. The van der Waals surface area contributed by atoms with Crippen molar-refractivity contribution >= 4 is 11.9 Å². The molecule has 1 saturated heterocycles. The smallest absolute Gasteiger partial charge is 0.336 e. The van der Waals surface area contributed by atoms with E-state index in [0.29, 0.717) is 12.0 Å². The van der Waals surface area contributed by atoms with E-state index in [1.165, 1.54) is 6.08 Å². The predicted octanol–water partition coefficient (Wildman–Crippen LogP) is 1.53. The summed E-state index contributed by atoms with van der Waals surface area (Å²) in [6.45, 7) is 7.11. The minimum atomic E-state index is -0.622. The molecule has 26 heavy (non-hydrogen) atoms. The maximum Gasteiger partial charge on any atom is 0.336 e. The third-order valence-corrected chi connectivity index (χ3v) is 6.13. The third kappa shape index (κ3) is 3.01. The molecule has 1 aliphatic heterocycles. The molecule has 0 aromatic carbocycles. The Bertz CT molecular complexity index is 676. The van der Waals surface area contributed by atoms with E-state index in [4.69, 9.17) is 9.47 Å². The molecule has 3 rings (SSSR count). The van der Waals surface area contributed by atoms with Gasteiger partial charge >= 0.3 is 11.9 Å². The Morgan fingerprint density at radius 2 is 2.15 bits per heavy atom. The van der Waals surface area contributed by atoms with Gasteiger partial charge in [0.15, 0.2) is 0 Å². The van der Waals surface area contributed by atoms with Gasteiger partial charge in [-0.3, -0.25) is 0 Å². The molecule has 0 spiro atoms. The van der Waals surface area contributed by atoms with Crippen molar-refractivity contribution in [1.29, 1.82) is 0 Å². The summed E-state index contributed by atoms with van der Waals surface area (Å²) in [6, 6.07) is 0. The zero-order chi connectivity index (χ0) is 19.0. The molecular weight excluding hydrogens is 336 g/mol. The van der Waals surface area contributed by atoms with Crippen LogP contribution >= 0.6 is 0 Å². The number of esters is 2. The Hall–Kier alpha value is -1.92. The molecule has 1 saturated carbocycles. The van der Waals surface area contributed by atoms with Crippen LogP contribution in [0.5, 0.6) is 0 Å². The van der Waals surface area contributed by atoms with Crippen molar-refractivity contribution in [3.63, 3.8) is 0 Å². The number of rotatable bonds is 4. The molecule has 2 fully saturated rings. The topological polar surface area (TPSA) is 93.1 Å². The van der Waals surface area contributed by atoms with Gasteiger partial charge in [-0.25, -0.2) is 9.59 Å². The normalized spacial score (nSPS) is 36.8. The van der Waals surface area contributed by atoms with Crippen LogP contribution in [0, 0.1) is 23.7 Å². The average Bonchev–Trinajstić information content (AvgIpc) is 3.08. The van der Waals surface area contributed by atoms with Gasteiger partial charge in [-0.15, -0.1) is 0 Å². The number of aliphatic hydroxyl groups is 2. The van der Waals surface area contributed by atoms with Crippen molar-refractivity contribution in [3.8, 4) is 0 Å². The lowest BCUT2D eigenvalue weighted by Crippen LogP contribution is -2.36. The standard InChI is InChI=1S/C20H26O6/c1-4-12(8-21)20(24)25-15-7-13(9-22)14-6-5-10(2)16(14)18-17(15)11(3)19(23)26-18/h4-5,13-18,21-22H,3,6-9H2,1-2H3/b12-4+/t13-,14-,15+,16-,17+,18+/m0/s1. The highest BCUT2D eigenvalue weighted by molar-refractivity contribution is 5.92. The van der Waals surface area contributed by atoms with E-state index in [2.05, 4.69) is 12.7 Å². The minimum absolute atomic E-state index is 0.00285. The molecule has 6 atom stereocenters. The number of ether oxygens (including phenoxy) is 2. The molecule has 3 aliphatic rings. The van der Waals surface area contributed by atoms with Gasteiger partial charge in [0.05, 0.1) is 18.1 Å². The summed E-state index contributed by atoms with van der Waals surface area (Å²) in [7, 11) is 0. The molecule has 0 radical (unpaired) electrons. The lowest BCUT2D eigenvalue weighted by atomic mass is 9.78. The lowest BCUT2D eigenvalue weighted by Gasteiger charge is -2.29. The molecule has 1 heterocycles. The Balaban J connectivity index is 1.96. The van der Waals surface area contributed by atoms with Crippen molar-refractivity contribution < 1.29 is 29.3 Å². The Kier molecular flexibility index (Phi) is 5.34. The molecule has 0 bridgehead atoms. The fraction of sp³-hybridized carbons (Fsp3) is 0.600. The number of carbonyl (C=O) groups excluding carboxylic acids is 2. The zero-order valence-corrected chi connectivity index (χ0v) is 15.2. The SMILES string of the molecule is C=C1C(=O)O[C@@H]2[C@H]3C(C)=CC[C@H]3[C@H](CO)C[C@@H](OC(=O)/C(=C/C)CO)[C@@H]12. The highest BCUT2D eigenvalue weighted by Gasteiger charge is 2.55. The van der Waals surface area contributed by atoms with Crippen LogP contribution in [0.15, 0.2) is 35.5 Å². The number of hydrogen-bond donors (Lipinski definition) is 2. The van der Waals surface area contributed by atoms with Crippen LogP contribution in [0.2, 0.25) is 0 Å². The Morgan fingerprint density at radius 3 is 2.77 bits per heavy atom. The van der Waals surface area contributed by atoms with Crippen LogP contribution in [0.4, 0.5) is 0 Å². The van der Waals surface area contributed by atoms with Gasteiger partial charge in [0.2, 0.25) is 0 Å². The van der Waals surface area contributed by atoms with E-state index in [9.17, 15) is 19.8 Å². The van der Waals surface area contributed by atoms with Crippen LogP contribution in [0.3, 0.4) is 0 Å². The van der Waals surface area contributed by atoms with Crippen molar-refractivity contribution in [3.05, 3.63) is 35.5 Å². The second kappa shape index (κ2) is 7.37. The van der Waals surface area contributed by atoms with Crippen LogP contribution in [-0.4, -0.2) is 47.6 Å². The predicted molar refractivity (Wildman–Crippen MR) is 93.8 cm³/mol. The summed E-state index contributed by atoms with van der Waals surface area (Å²) >= 11 is 0. The van der Waals surface area contributed by atoms with Crippen molar-refractivity contribution in [2.75, 3.05) is 13.2 Å². The maximum absolute atomic E-state index is 12.4. The summed E-state index contributed by atoms with van der Waals surface area (Å²) in [5.41, 5.74) is 1.62. The molecule has 0 aromatic rings. The number of fused-ring (bicyclic) bond motifs is 3. The molecule has 2 aliphatic carbocycles. The highest BCUT2D eigenvalue weighted by Crippen LogP contribution is 2.51. The first-order chi connectivity index (χ1) is 12.4. The second-order valence-electron chi connectivity index (χ2n) is 7.39. The number of allylic oxidation sites excluding steroid dienone is 2. The van der Waals surface area contributed by atoms with Gasteiger partial charge < -0.3 is 19.7 Å². The molecule has 0 amide bonds. The zero-order valence-electron chi connectivity index (χ0n) is 15.2.